The Labute approximate surface area is 124 Å². The first kappa shape index (κ1) is 15.2. The normalized spacial score (nSPS) is 11.0. The van der Waals surface area contributed by atoms with Gasteiger partial charge in [0.2, 0.25) is 0 Å². The molecular weight excluding hydrogens is 303 g/mol. The average molecular weight is 312 g/mol. The molecule has 0 bridgehead atoms. The molecule has 0 fully saturated rings. The SMILES string of the molecule is N#Cc1cc(OCc2ccc(Cl)cc2)ccc1C(F)(F)F. The minimum Gasteiger partial charge on any atom is -0.489 e. The maximum atomic E-state index is 12.7. The summed E-state index contributed by atoms with van der Waals surface area (Å²) in [4.78, 5) is 0. The summed E-state index contributed by atoms with van der Waals surface area (Å²) in [5.74, 6) is 0.203. The van der Waals surface area contributed by atoms with Crippen molar-refractivity contribution < 1.29 is 17.9 Å². The van der Waals surface area contributed by atoms with Crippen molar-refractivity contribution in [3.05, 3.63) is 64.2 Å². The fraction of sp³-hybridized carbons (Fsp3) is 0.133. The lowest BCUT2D eigenvalue weighted by molar-refractivity contribution is -0.137. The fourth-order valence-electron chi connectivity index (χ4n) is 1.70. The highest BCUT2D eigenvalue weighted by atomic mass is 35.5. The molecule has 0 spiro atoms. The zero-order valence-corrected chi connectivity index (χ0v) is 11.4. The lowest BCUT2D eigenvalue weighted by Gasteiger charge is -2.11. The smallest absolute Gasteiger partial charge is 0.417 e. The first-order valence-electron chi connectivity index (χ1n) is 5.89. The summed E-state index contributed by atoms with van der Waals surface area (Å²) in [5, 5.41) is 9.39. The number of ether oxygens (including phenoxy) is 1. The second kappa shape index (κ2) is 6.06. The molecule has 0 radical (unpaired) electrons. The van der Waals surface area contributed by atoms with Crippen molar-refractivity contribution in [1.29, 1.82) is 5.26 Å². The highest BCUT2D eigenvalue weighted by Crippen LogP contribution is 2.33. The van der Waals surface area contributed by atoms with Crippen LogP contribution in [0.15, 0.2) is 42.5 Å². The molecule has 6 heteroatoms. The van der Waals surface area contributed by atoms with Gasteiger partial charge in [0.15, 0.2) is 0 Å². The monoisotopic (exact) mass is 311 g/mol. The van der Waals surface area contributed by atoms with Crippen molar-refractivity contribution >= 4 is 11.6 Å². The van der Waals surface area contributed by atoms with E-state index in [1.54, 1.807) is 24.3 Å². The number of hydrogen-bond donors (Lipinski definition) is 0. The molecule has 0 N–H and O–H groups in total. The van der Waals surface area contributed by atoms with Gasteiger partial charge in [-0.2, -0.15) is 18.4 Å². The maximum Gasteiger partial charge on any atom is 0.417 e. The van der Waals surface area contributed by atoms with Crippen molar-refractivity contribution in [3.63, 3.8) is 0 Å². The third kappa shape index (κ3) is 3.89. The number of rotatable bonds is 3. The fourth-order valence-corrected chi connectivity index (χ4v) is 1.83. The van der Waals surface area contributed by atoms with Gasteiger partial charge in [0.1, 0.15) is 12.4 Å². The van der Waals surface area contributed by atoms with Crippen LogP contribution in [-0.2, 0) is 12.8 Å². The van der Waals surface area contributed by atoms with Gasteiger partial charge in [0.05, 0.1) is 17.2 Å². The Bertz CT molecular complexity index is 675. The van der Waals surface area contributed by atoms with Crippen molar-refractivity contribution in [2.45, 2.75) is 12.8 Å². The van der Waals surface area contributed by atoms with Gasteiger partial charge in [-0.1, -0.05) is 23.7 Å². The molecule has 2 nitrogen and oxygen atoms in total. The van der Waals surface area contributed by atoms with Gasteiger partial charge in [-0.3, -0.25) is 0 Å². The molecular formula is C15H9ClF3NO. The van der Waals surface area contributed by atoms with Crippen molar-refractivity contribution in [2.75, 3.05) is 0 Å². The number of nitriles is 1. The van der Waals surface area contributed by atoms with Crippen LogP contribution in [0.1, 0.15) is 16.7 Å². The summed E-state index contributed by atoms with van der Waals surface area (Å²) >= 11 is 5.75. The summed E-state index contributed by atoms with van der Waals surface area (Å²) in [5.41, 5.74) is -0.613. The van der Waals surface area contributed by atoms with E-state index in [2.05, 4.69) is 0 Å². The molecule has 0 unspecified atom stereocenters. The summed E-state index contributed by atoms with van der Waals surface area (Å²) in [6, 6.07) is 11.5. The van der Waals surface area contributed by atoms with E-state index in [-0.39, 0.29) is 12.4 Å². The van der Waals surface area contributed by atoms with Crippen molar-refractivity contribution in [2.24, 2.45) is 0 Å². The van der Waals surface area contributed by atoms with Crippen LogP contribution in [0.4, 0.5) is 13.2 Å². The van der Waals surface area contributed by atoms with Crippen LogP contribution in [0.2, 0.25) is 5.02 Å². The Morgan fingerprint density at radius 3 is 2.33 bits per heavy atom. The molecule has 0 aliphatic rings. The molecule has 0 heterocycles. The Morgan fingerprint density at radius 1 is 1.10 bits per heavy atom. The number of nitrogens with zero attached hydrogens (tertiary/aromatic N) is 1. The van der Waals surface area contributed by atoms with Gasteiger partial charge in [-0.15, -0.1) is 0 Å². The minimum atomic E-state index is -4.56. The number of alkyl halides is 3. The van der Waals surface area contributed by atoms with E-state index in [9.17, 15) is 13.2 Å². The van der Waals surface area contributed by atoms with Gasteiger partial charge in [0.25, 0.3) is 0 Å². The zero-order chi connectivity index (χ0) is 15.5. The van der Waals surface area contributed by atoms with Gasteiger partial charge < -0.3 is 4.74 Å². The largest absolute Gasteiger partial charge is 0.489 e. The third-order valence-corrected chi connectivity index (χ3v) is 2.99. The van der Waals surface area contributed by atoms with Crippen LogP contribution in [0, 0.1) is 11.3 Å². The number of hydrogen-bond acceptors (Lipinski definition) is 2. The molecule has 0 saturated heterocycles. The molecule has 0 amide bonds. The first-order valence-corrected chi connectivity index (χ1v) is 6.26. The Hall–Kier alpha value is -2.19. The molecule has 2 aromatic carbocycles. The zero-order valence-electron chi connectivity index (χ0n) is 10.6. The second-order valence-electron chi connectivity index (χ2n) is 4.23. The second-order valence-corrected chi connectivity index (χ2v) is 4.67. The Kier molecular flexibility index (Phi) is 4.39. The van der Waals surface area contributed by atoms with Gasteiger partial charge in [0, 0.05) is 5.02 Å². The number of benzene rings is 2. The topological polar surface area (TPSA) is 33.0 Å². The molecule has 0 aromatic heterocycles. The van der Waals surface area contributed by atoms with E-state index in [0.29, 0.717) is 5.02 Å². The Morgan fingerprint density at radius 2 is 1.76 bits per heavy atom. The van der Waals surface area contributed by atoms with E-state index in [0.717, 1.165) is 17.7 Å². The molecule has 2 aromatic rings. The van der Waals surface area contributed by atoms with E-state index in [4.69, 9.17) is 21.6 Å². The summed E-state index contributed by atoms with van der Waals surface area (Å²) in [7, 11) is 0. The summed E-state index contributed by atoms with van der Waals surface area (Å²) < 4.78 is 43.3. The third-order valence-electron chi connectivity index (χ3n) is 2.74. The standard InChI is InChI=1S/C15H9ClF3NO/c16-12-3-1-10(2-4-12)9-21-13-5-6-14(15(17,18)19)11(7-13)8-20/h1-7H,9H2. The lowest BCUT2D eigenvalue weighted by atomic mass is 10.1. The van der Waals surface area contributed by atoms with Crippen LogP contribution in [-0.4, -0.2) is 0 Å². The van der Waals surface area contributed by atoms with E-state index in [1.165, 1.54) is 12.1 Å². The van der Waals surface area contributed by atoms with Crippen LogP contribution in [0.25, 0.3) is 0 Å². The first-order chi connectivity index (χ1) is 9.90. The Balaban J connectivity index is 2.15. The van der Waals surface area contributed by atoms with Crippen molar-refractivity contribution in [1.82, 2.24) is 0 Å². The quantitative estimate of drug-likeness (QED) is 0.815. The van der Waals surface area contributed by atoms with Crippen LogP contribution < -0.4 is 4.74 Å². The van der Waals surface area contributed by atoms with Crippen LogP contribution in [0.5, 0.6) is 5.75 Å². The number of halogens is 4. The summed E-state index contributed by atoms with van der Waals surface area (Å²) in [6.07, 6.45) is -4.56. The molecule has 0 aliphatic carbocycles. The molecule has 0 saturated carbocycles. The highest BCUT2D eigenvalue weighted by Gasteiger charge is 2.33. The van der Waals surface area contributed by atoms with Crippen LogP contribution in [0.3, 0.4) is 0 Å². The molecule has 0 atom stereocenters. The highest BCUT2D eigenvalue weighted by molar-refractivity contribution is 6.30. The van der Waals surface area contributed by atoms with Gasteiger partial charge in [-0.05, 0) is 35.9 Å². The van der Waals surface area contributed by atoms with Gasteiger partial charge >= 0.3 is 6.18 Å². The van der Waals surface area contributed by atoms with E-state index < -0.39 is 17.3 Å². The predicted molar refractivity (Wildman–Crippen MR) is 71.9 cm³/mol. The average Bonchev–Trinajstić information content (AvgIpc) is 2.45. The maximum absolute atomic E-state index is 12.7. The molecule has 2 rings (SSSR count). The predicted octanol–water partition coefficient (Wildman–Crippen LogP) is 4.81. The molecule has 0 aliphatic heterocycles. The molecule has 108 valence electrons. The minimum absolute atomic E-state index is 0.174. The summed E-state index contributed by atoms with van der Waals surface area (Å²) in [6.45, 7) is 0.174. The van der Waals surface area contributed by atoms with E-state index >= 15 is 0 Å². The van der Waals surface area contributed by atoms with Crippen LogP contribution >= 0.6 is 11.6 Å². The van der Waals surface area contributed by atoms with E-state index in [1.807, 2.05) is 0 Å². The lowest BCUT2D eigenvalue weighted by Crippen LogP contribution is -2.08. The van der Waals surface area contributed by atoms with Crippen molar-refractivity contribution in [3.8, 4) is 11.8 Å². The van der Waals surface area contributed by atoms with Gasteiger partial charge in [-0.25, -0.2) is 0 Å². The molecule has 21 heavy (non-hydrogen) atoms.